The standard InChI is InChI=1S/C17H11ClN4OS/c18-12-7-4-8-13-15(12)20-17(24-13)22-16(23)11(9-19)14(21-22)10-5-2-1-3-6-10/h1-9,19,21H. The van der Waals surface area contributed by atoms with Crippen molar-refractivity contribution >= 4 is 39.4 Å². The number of nitrogens with zero attached hydrogens (tertiary/aromatic N) is 2. The van der Waals surface area contributed by atoms with Crippen molar-refractivity contribution in [3.8, 4) is 16.4 Å². The highest BCUT2D eigenvalue weighted by Gasteiger charge is 2.17. The van der Waals surface area contributed by atoms with Gasteiger partial charge in [0.15, 0.2) is 0 Å². The minimum absolute atomic E-state index is 0.298. The van der Waals surface area contributed by atoms with Crippen molar-refractivity contribution < 1.29 is 0 Å². The highest BCUT2D eigenvalue weighted by Crippen LogP contribution is 2.29. The molecule has 0 saturated carbocycles. The van der Waals surface area contributed by atoms with E-state index in [1.165, 1.54) is 16.0 Å². The Morgan fingerprint density at radius 3 is 2.67 bits per heavy atom. The van der Waals surface area contributed by atoms with Crippen LogP contribution in [0, 0.1) is 5.41 Å². The molecule has 0 radical (unpaired) electrons. The first-order valence-electron chi connectivity index (χ1n) is 7.15. The van der Waals surface area contributed by atoms with Crippen molar-refractivity contribution in [1.82, 2.24) is 14.8 Å². The molecular weight excluding hydrogens is 344 g/mol. The Labute approximate surface area is 145 Å². The Kier molecular flexibility index (Phi) is 3.55. The predicted octanol–water partition coefficient (Wildman–Crippen LogP) is 4.09. The molecule has 2 heterocycles. The minimum Gasteiger partial charge on any atom is -0.308 e. The van der Waals surface area contributed by atoms with Gasteiger partial charge in [0.05, 0.1) is 21.0 Å². The van der Waals surface area contributed by atoms with Gasteiger partial charge in [0, 0.05) is 11.8 Å². The zero-order valence-corrected chi connectivity index (χ0v) is 13.9. The van der Waals surface area contributed by atoms with Crippen LogP contribution in [0.1, 0.15) is 5.56 Å². The van der Waals surface area contributed by atoms with Crippen LogP contribution < -0.4 is 5.56 Å². The minimum atomic E-state index is -0.306. The van der Waals surface area contributed by atoms with E-state index in [2.05, 4.69) is 10.1 Å². The van der Waals surface area contributed by atoms with Crippen molar-refractivity contribution in [3.05, 3.63) is 69.5 Å². The molecule has 0 aliphatic rings. The highest BCUT2D eigenvalue weighted by molar-refractivity contribution is 7.20. The van der Waals surface area contributed by atoms with Crippen LogP contribution in [0.25, 0.3) is 26.6 Å². The van der Waals surface area contributed by atoms with Crippen LogP contribution in [0.3, 0.4) is 0 Å². The first-order valence-corrected chi connectivity index (χ1v) is 8.35. The normalized spacial score (nSPS) is 11.0. The van der Waals surface area contributed by atoms with Crippen LogP contribution in [0.2, 0.25) is 5.02 Å². The molecule has 2 aromatic carbocycles. The Hall–Kier alpha value is -2.70. The number of hydrogen-bond acceptors (Lipinski definition) is 4. The lowest BCUT2D eigenvalue weighted by Crippen LogP contribution is -2.16. The summed E-state index contributed by atoms with van der Waals surface area (Å²) < 4.78 is 2.26. The summed E-state index contributed by atoms with van der Waals surface area (Å²) in [6.07, 6.45) is 1.07. The zero-order chi connectivity index (χ0) is 16.7. The summed E-state index contributed by atoms with van der Waals surface area (Å²) in [6, 6.07) is 15.0. The predicted molar refractivity (Wildman–Crippen MR) is 97.9 cm³/mol. The number of para-hydroxylation sites is 1. The number of aromatic nitrogens is 3. The number of nitrogens with one attached hydrogen (secondary N) is 2. The lowest BCUT2D eigenvalue weighted by molar-refractivity contribution is 0.845. The molecule has 118 valence electrons. The SMILES string of the molecule is N=Cc1c(-c2ccccc2)[nH]n(-c2nc3c(Cl)cccc3s2)c1=O. The Balaban J connectivity index is 1.95. The first-order chi connectivity index (χ1) is 11.7. The maximum Gasteiger partial charge on any atom is 0.282 e. The monoisotopic (exact) mass is 354 g/mol. The fourth-order valence-electron chi connectivity index (χ4n) is 2.54. The van der Waals surface area contributed by atoms with Crippen LogP contribution in [0.5, 0.6) is 0 Å². The maximum absolute atomic E-state index is 12.7. The van der Waals surface area contributed by atoms with Gasteiger partial charge in [-0.05, 0) is 12.1 Å². The van der Waals surface area contributed by atoms with E-state index in [1.54, 1.807) is 6.07 Å². The van der Waals surface area contributed by atoms with Gasteiger partial charge in [-0.1, -0.05) is 59.3 Å². The smallest absolute Gasteiger partial charge is 0.282 e. The van der Waals surface area contributed by atoms with E-state index in [0.717, 1.165) is 16.5 Å². The summed E-state index contributed by atoms with van der Waals surface area (Å²) in [5, 5.41) is 11.7. The molecular formula is C17H11ClN4OS. The molecule has 2 N–H and O–H groups in total. The lowest BCUT2D eigenvalue weighted by atomic mass is 10.1. The molecule has 0 aliphatic carbocycles. The number of aromatic amines is 1. The molecule has 0 amide bonds. The van der Waals surface area contributed by atoms with Crippen LogP contribution in [-0.4, -0.2) is 21.0 Å². The van der Waals surface area contributed by atoms with Gasteiger partial charge in [-0.15, -0.1) is 0 Å². The first kappa shape index (κ1) is 14.9. The van der Waals surface area contributed by atoms with Crippen LogP contribution in [-0.2, 0) is 0 Å². The Morgan fingerprint density at radius 2 is 1.96 bits per heavy atom. The third kappa shape index (κ3) is 2.28. The van der Waals surface area contributed by atoms with E-state index >= 15 is 0 Å². The van der Waals surface area contributed by atoms with Crippen molar-refractivity contribution in [3.63, 3.8) is 0 Å². The Bertz CT molecular complexity index is 1110. The third-order valence-electron chi connectivity index (χ3n) is 3.68. The third-order valence-corrected chi connectivity index (χ3v) is 4.99. The second-order valence-corrected chi connectivity index (χ2v) is 6.55. The van der Waals surface area contributed by atoms with Gasteiger partial charge in [0.2, 0.25) is 5.13 Å². The average Bonchev–Trinajstić information content (AvgIpc) is 3.17. The summed E-state index contributed by atoms with van der Waals surface area (Å²) in [6.45, 7) is 0. The summed E-state index contributed by atoms with van der Waals surface area (Å²) in [4.78, 5) is 17.1. The molecule has 0 aliphatic heterocycles. The molecule has 4 rings (SSSR count). The highest BCUT2D eigenvalue weighted by atomic mass is 35.5. The summed E-state index contributed by atoms with van der Waals surface area (Å²) in [7, 11) is 0. The maximum atomic E-state index is 12.7. The van der Waals surface area contributed by atoms with E-state index in [0.29, 0.717) is 26.9 Å². The number of H-pyrrole nitrogens is 1. The average molecular weight is 355 g/mol. The van der Waals surface area contributed by atoms with Crippen molar-refractivity contribution in [2.45, 2.75) is 0 Å². The molecule has 0 bridgehead atoms. The van der Waals surface area contributed by atoms with E-state index in [-0.39, 0.29) is 5.56 Å². The van der Waals surface area contributed by atoms with Gasteiger partial charge in [-0.25, -0.2) is 4.98 Å². The number of halogens is 1. The molecule has 2 aromatic heterocycles. The molecule has 0 unspecified atom stereocenters. The van der Waals surface area contributed by atoms with Gasteiger partial charge < -0.3 is 5.41 Å². The van der Waals surface area contributed by atoms with E-state index in [1.807, 2.05) is 42.5 Å². The van der Waals surface area contributed by atoms with Crippen molar-refractivity contribution in [1.29, 1.82) is 5.41 Å². The molecule has 7 heteroatoms. The molecule has 0 fully saturated rings. The van der Waals surface area contributed by atoms with Crippen LogP contribution in [0.15, 0.2) is 53.3 Å². The molecule has 4 aromatic rings. The summed E-state index contributed by atoms with van der Waals surface area (Å²) in [5.41, 5.74) is 2.09. The van der Waals surface area contributed by atoms with E-state index in [9.17, 15) is 4.79 Å². The molecule has 0 saturated heterocycles. The largest absolute Gasteiger partial charge is 0.308 e. The van der Waals surface area contributed by atoms with Crippen LogP contribution in [0.4, 0.5) is 0 Å². The van der Waals surface area contributed by atoms with E-state index in [4.69, 9.17) is 17.0 Å². The van der Waals surface area contributed by atoms with Crippen LogP contribution >= 0.6 is 22.9 Å². The van der Waals surface area contributed by atoms with Gasteiger partial charge in [-0.3, -0.25) is 9.89 Å². The molecule has 24 heavy (non-hydrogen) atoms. The fraction of sp³-hybridized carbons (Fsp3) is 0. The number of hydrogen-bond donors (Lipinski definition) is 2. The number of fused-ring (bicyclic) bond motifs is 1. The topological polar surface area (TPSA) is 74.5 Å². The number of rotatable bonds is 3. The molecule has 0 atom stereocenters. The number of benzene rings is 2. The second kappa shape index (κ2) is 5.74. The van der Waals surface area contributed by atoms with Gasteiger partial charge >= 0.3 is 0 Å². The second-order valence-electron chi connectivity index (χ2n) is 5.13. The fourth-order valence-corrected chi connectivity index (χ4v) is 3.77. The van der Waals surface area contributed by atoms with Gasteiger partial charge in [0.1, 0.15) is 5.52 Å². The number of thiazole rings is 1. The van der Waals surface area contributed by atoms with E-state index < -0.39 is 0 Å². The Morgan fingerprint density at radius 1 is 1.17 bits per heavy atom. The molecule has 0 spiro atoms. The summed E-state index contributed by atoms with van der Waals surface area (Å²) in [5.74, 6) is 0. The molecule has 5 nitrogen and oxygen atoms in total. The van der Waals surface area contributed by atoms with Crippen molar-refractivity contribution in [2.24, 2.45) is 0 Å². The zero-order valence-electron chi connectivity index (χ0n) is 12.3. The van der Waals surface area contributed by atoms with Gasteiger partial charge in [-0.2, -0.15) is 4.68 Å². The van der Waals surface area contributed by atoms with Gasteiger partial charge in [0.25, 0.3) is 5.56 Å². The van der Waals surface area contributed by atoms with Crippen molar-refractivity contribution in [2.75, 3.05) is 0 Å². The lowest BCUT2D eigenvalue weighted by Gasteiger charge is -1.98. The quantitative estimate of drug-likeness (QED) is 0.544. The summed E-state index contributed by atoms with van der Waals surface area (Å²) >= 11 is 7.54.